The fourth-order valence-corrected chi connectivity index (χ4v) is 1.69. The summed E-state index contributed by atoms with van der Waals surface area (Å²) in [7, 11) is -3.48. The van der Waals surface area contributed by atoms with E-state index in [1.54, 1.807) is 0 Å². The van der Waals surface area contributed by atoms with E-state index in [0.29, 0.717) is 13.2 Å². The van der Waals surface area contributed by atoms with Gasteiger partial charge in [0.1, 0.15) is 0 Å². The Kier molecular flexibility index (Phi) is 2.83. The van der Waals surface area contributed by atoms with Crippen LogP contribution in [0.1, 0.15) is 12.8 Å². The minimum atomic E-state index is -3.48. The van der Waals surface area contributed by atoms with E-state index < -0.39 is 10.2 Å². The van der Waals surface area contributed by atoms with E-state index in [1.807, 2.05) is 0 Å². The molecule has 1 rings (SSSR count). The molecule has 6 heteroatoms. The highest BCUT2D eigenvalue weighted by Crippen LogP contribution is 2.00. The van der Waals surface area contributed by atoms with Crippen LogP contribution in [-0.4, -0.2) is 32.5 Å². The zero-order chi connectivity index (χ0) is 8.32. The zero-order valence-corrected chi connectivity index (χ0v) is 7.10. The monoisotopic (exact) mass is 179 g/mol. The fraction of sp³-hybridized carbons (Fsp3) is 1.00. The van der Waals surface area contributed by atoms with Gasteiger partial charge >= 0.3 is 0 Å². The highest BCUT2D eigenvalue weighted by molar-refractivity contribution is 7.86. The molecule has 0 spiro atoms. The minimum Gasteiger partial charge on any atom is -0.303 e. The second kappa shape index (κ2) is 3.48. The van der Waals surface area contributed by atoms with E-state index in [0.717, 1.165) is 19.4 Å². The largest absolute Gasteiger partial charge is 0.303 e. The molecule has 66 valence electrons. The molecule has 0 saturated carbocycles. The minimum absolute atomic E-state index is 0.346. The van der Waals surface area contributed by atoms with Crippen molar-refractivity contribution in [1.82, 2.24) is 9.62 Å². The molecule has 1 aliphatic rings. The highest BCUT2D eigenvalue weighted by Gasteiger charge is 2.17. The SMILES string of the molecule is NS(=O)(=O)N1CCCCNC1. The first-order valence-corrected chi connectivity index (χ1v) is 5.09. The lowest BCUT2D eigenvalue weighted by atomic mass is 10.3. The Balaban J connectivity index is 2.57. The van der Waals surface area contributed by atoms with E-state index in [4.69, 9.17) is 5.14 Å². The molecule has 0 aromatic carbocycles. The normalized spacial score (nSPS) is 23.0. The number of nitrogens with zero attached hydrogens (tertiary/aromatic N) is 1. The zero-order valence-electron chi connectivity index (χ0n) is 6.28. The van der Waals surface area contributed by atoms with Crippen LogP contribution in [0.15, 0.2) is 0 Å². The van der Waals surface area contributed by atoms with Crippen LogP contribution >= 0.6 is 0 Å². The van der Waals surface area contributed by atoms with E-state index in [1.165, 1.54) is 4.31 Å². The molecule has 0 unspecified atom stereocenters. The summed E-state index contributed by atoms with van der Waals surface area (Å²) in [5, 5.41) is 7.91. The Morgan fingerprint density at radius 2 is 2.09 bits per heavy atom. The van der Waals surface area contributed by atoms with Crippen molar-refractivity contribution in [2.45, 2.75) is 12.8 Å². The standard InChI is InChI=1S/C5H13N3O2S/c6-11(9,10)8-4-2-1-3-7-5-8/h7H,1-5H2,(H2,6,9,10). The lowest BCUT2D eigenvalue weighted by molar-refractivity contribution is 0.408. The molecule has 0 bridgehead atoms. The van der Waals surface area contributed by atoms with Crippen molar-refractivity contribution in [3.63, 3.8) is 0 Å². The smallest absolute Gasteiger partial charge is 0.278 e. The van der Waals surface area contributed by atoms with Crippen LogP contribution in [0, 0.1) is 0 Å². The summed E-state index contributed by atoms with van der Waals surface area (Å²) >= 11 is 0. The van der Waals surface area contributed by atoms with Crippen LogP contribution in [-0.2, 0) is 10.2 Å². The van der Waals surface area contributed by atoms with Gasteiger partial charge in [0, 0.05) is 6.54 Å². The van der Waals surface area contributed by atoms with Crippen molar-refractivity contribution < 1.29 is 8.42 Å². The molecule has 5 nitrogen and oxygen atoms in total. The summed E-state index contributed by atoms with van der Waals surface area (Å²) < 4.78 is 22.9. The second-order valence-electron chi connectivity index (χ2n) is 2.59. The fourth-order valence-electron chi connectivity index (χ4n) is 1.04. The third-order valence-corrected chi connectivity index (χ3v) is 2.69. The molecule has 1 aliphatic heterocycles. The van der Waals surface area contributed by atoms with E-state index in [-0.39, 0.29) is 0 Å². The van der Waals surface area contributed by atoms with Crippen molar-refractivity contribution in [3.8, 4) is 0 Å². The van der Waals surface area contributed by atoms with Crippen molar-refractivity contribution in [2.24, 2.45) is 5.14 Å². The first-order chi connectivity index (χ1) is 5.11. The van der Waals surface area contributed by atoms with Crippen molar-refractivity contribution >= 4 is 10.2 Å². The summed E-state index contributed by atoms with van der Waals surface area (Å²) in [6, 6.07) is 0. The van der Waals surface area contributed by atoms with Crippen LogP contribution in [0.3, 0.4) is 0 Å². The summed E-state index contributed by atoms with van der Waals surface area (Å²) in [5.41, 5.74) is 0. The summed E-state index contributed by atoms with van der Waals surface area (Å²) in [6.45, 7) is 1.75. The van der Waals surface area contributed by atoms with E-state index >= 15 is 0 Å². The van der Waals surface area contributed by atoms with Gasteiger partial charge in [-0.3, -0.25) is 0 Å². The molecule has 1 heterocycles. The maximum Gasteiger partial charge on any atom is 0.278 e. The molecule has 0 radical (unpaired) electrons. The van der Waals surface area contributed by atoms with Crippen molar-refractivity contribution in [2.75, 3.05) is 19.8 Å². The molecule has 1 saturated heterocycles. The third-order valence-electron chi connectivity index (χ3n) is 1.66. The van der Waals surface area contributed by atoms with Gasteiger partial charge in [0.2, 0.25) is 0 Å². The lowest BCUT2D eigenvalue weighted by Crippen LogP contribution is -2.41. The predicted molar refractivity (Wildman–Crippen MR) is 41.9 cm³/mol. The van der Waals surface area contributed by atoms with Gasteiger partial charge in [0.25, 0.3) is 10.2 Å². The van der Waals surface area contributed by atoms with Crippen LogP contribution in [0.25, 0.3) is 0 Å². The first kappa shape index (κ1) is 8.92. The van der Waals surface area contributed by atoms with Crippen molar-refractivity contribution in [3.05, 3.63) is 0 Å². The maximum absolute atomic E-state index is 10.8. The van der Waals surface area contributed by atoms with Gasteiger partial charge in [-0.1, -0.05) is 0 Å². The number of nitrogens with two attached hydrogens (primary N) is 1. The summed E-state index contributed by atoms with van der Waals surface area (Å²) in [4.78, 5) is 0. The molecule has 0 aromatic rings. The Labute approximate surface area is 66.7 Å². The van der Waals surface area contributed by atoms with Gasteiger partial charge in [0.05, 0.1) is 6.67 Å². The van der Waals surface area contributed by atoms with Gasteiger partial charge in [-0.2, -0.15) is 12.7 Å². The highest BCUT2D eigenvalue weighted by atomic mass is 32.2. The summed E-state index contributed by atoms with van der Waals surface area (Å²) in [6.07, 6.45) is 1.88. The average molecular weight is 179 g/mol. The molecule has 0 aromatic heterocycles. The van der Waals surface area contributed by atoms with Crippen LogP contribution < -0.4 is 10.5 Å². The topological polar surface area (TPSA) is 75.4 Å². The van der Waals surface area contributed by atoms with Gasteiger partial charge < -0.3 is 5.32 Å². The Bertz CT molecular complexity index is 206. The molecule has 1 fully saturated rings. The van der Waals surface area contributed by atoms with Gasteiger partial charge in [-0.25, -0.2) is 5.14 Å². The number of hydrogen-bond donors (Lipinski definition) is 2. The Morgan fingerprint density at radius 3 is 2.73 bits per heavy atom. The van der Waals surface area contributed by atoms with Gasteiger partial charge in [-0.15, -0.1) is 0 Å². The number of nitrogens with one attached hydrogen (secondary N) is 1. The number of rotatable bonds is 1. The van der Waals surface area contributed by atoms with E-state index in [9.17, 15) is 8.42 Å². The van der Waals surface area contributed by atoms with E-state index in [2.05, 4.69) is 5.32 Å². The average Bonchev–Trinajstić information content (AvgIpc) is 2.10. The Morgan fingerprint density at radius 1 is 1.36 bits per heavy atom. The van der Waals surface area contributed by atoms with Crippen LogP contribution in [0.2, 0.25) is 0 Å². The molecular weight excluding hydrogens is 166 g/mol. The molecule has 3 N–H and O–H groups in total. The Hall–Kier alpha value is -0.170. The quantitative estimate of drug-likeness (QED) is 0.532. The predicted octanol–water partition coefficient (Wildman–Crippen LogP) is -1.17. The molecular formula is C5H13N3O2S. The molecule has 0 atom stereocenters. The number of hydrogen-bond acceptors (Lipinski definition) is 3. The third kappa shape index (κ3) is 2.74. The molecule has 0 amide bonds. The first-order valence-electron chi connectivity index (χ1n) is 3.59. The molecule has 0 aliphatic carbocycles. The molecule has 11 heavy (non-hydrogen) atoms. The van der Waals surface area contributed by atoms with Crippen LogP contribution in [0.5, 0.6) is 0 Å². The van der Waals surface area contributed by atoms with Gasteiger partial charge in [0.15, 0.2) is 0 Å². The van der Waals surface area contributed by atoms with Gasteiger partial charge in [-0.05, 0) is 19.4 Å². The van der Waals surface area contributed by atoms with Crippen LogP contribution in [0.4, 0.5) is 0 Å². The summed E-state index contributed by atoms with van der Waals surface area (Å²) in [5.74, 6) is 0. The second-order valence-corrected chi connectivity index (χ2v) is 4.13. The maximum atomic E-state index is 10.8. The lowest BCUT2D eigenvalue weighted by Gasteiger charge is -2.15. The van der Waals surface area contributed by atoms with Crippen molar-refractivity contribution in [1.29, 1.82) is 0 Å².